The van der Waals surface area contributed by atoms with E-state index in [0.29, 0.717) is 22.6 Å². The lowest BCUT2D eigenvalue weighted by Gasteiger charge is -2.18. The third-order valence-corrected chi connectivity index (χ3v) is 6.18. The number of benzene rings is 4. The van der Waals surface area contributed by atoms with Crippen molar-refractivity contribution in [3.8, 4) is 16.9 Å². The molecule has 4 nitrogen and oxygen atoms in total. The van der Waals surface area contributed by atoms with Crippen molar-refractivity contribution in [3.63, 3.8) is 0 Å². The summed E-state index contributed by atoms with van der Waals surface area (Å²) in [6.07, 6.45) is -3.40. The second-order valence-corrected chi connectivity index (χ2v) is 9.43. The zero-order chi connectivity index (χ0) is 25.7. The van der Waals surface area contributed by atoms with Gasteiger partial charge in [0.15, 0.2) is 0 Å². The smallest absolute Gasteiger partial charge is 0.325 e. The highest BCUT2D eigenvalue weighted by molar-refractivity contribution is 6.08. The average molecular weight is 488 g/mol. The number of hydrogen-bond donors (Lipinski definition) is 2. The molecule has 0 spiro atoms. The molecule has 0 aliphatic rings. The Kier molecular flexibility index (Phi) is 5.60. The number of fused-ring (bicyclic) bond motifs is 3. The number of rotatable bonds is 4. The number of nitrogens with two attached hydrogens (primary N) is 1. The first-order valence-electron chi connectivity index (χ1n) is 11.4. The highest BCUT2D eigenvalue weighted by Crippen LogP contribution is 2.37. The van der Waals surface area contributed by atoms with Gasteiger partial charge in [-0.25, -0.2) is 0 Å². The summed E-state index contributed by atoms with van der Waals surface area (Å²) in [4.78, 5) is 12.2. The number of halogens is 3. The minimum absolute atomic E-state index is 0.361. The van der Waals surface area contributed by atoms with Crippen LogP contribution >= 0.6 is 0 Å². The van der Waals surface area contributed by atoms with Gasteiger partial charge in [-0.1, -0.05) is 48.5 Å². The zero-order valence-electron chi connectivity index (χ0n) is 19.7. The summed E-state index contributed by atoms with van der Waals surface area (Å²) in [7, 11) is 0. The van der Waals surface area contributed by atoms with Crippen LogP contribution in [0.3, 0.4) is 0 Å². The topological polar surface area (TPSA) is 60.1 Å². The Labute approximate surface area is 206 Å². The van der Waals surface area contributed by atoms with Gasteiger partial charge < -0.3 is 15.6 Å². The van der Waals surface area contributed by atoms with Crippen LogP contribution in [-0.2, 0) is 11.0 Å². The molecule has 0 bridgehead atoms. The fraction of sp³-hybridized carbons (Fsp3) is 0.138. The van der Waals surface area contributed by atoms with Crippen LogP contribution in [0.1, 0.15) is 19.4 Å². The molecule has 36 heavy (non-hydrogen) atoms. The van der Waals surface area contributed by atoms with E-state index in [1.165, 1.54) is 4.57 Å². The quantitative estimate of drug-likeness (QED) is 0.265. The van der Waals surface area contributed by atoms with Crippen molar-refractivity contribution < 1.29 is 18.0 Å². The van der Waals surface area contributed by atoms with E-state index in [2.05, 4.69) is 5.32 Å². The Bertz CT molecular complexity index is 1590. The molecule has 0 aliphatic carbocycles. The summed E-state index contributed by atoms with van der Waals surface area (Å²) in [5, 5.41) is 6.89. The molecule has 5 aromatic rings. The van der Waals surface area contributed by atoms with E-state index >= 15 is 0 Å². The van der Waals surface area contributed by atoms with Crippen molar-refractivity contribution in [3.05, 3.63) is 96.7 Å². The predicted octanol–water partition coefficient (Wildman–Crippen LogP) is 7.15. The molecule has 0 unspecified atom stereocenters. The van der Waals surface area contributed by atoms with Gasteiger partial charge >= 0.3 is 6.18 Å². The van der Waals surface area contributed by atoms with Crippen LogP contribution in [0.15, 0.2) is 91.1 Å². The highest BCUT2D eigenvalue weighted by atomic mass is 19.4. The third-order valence-electron chi connectivity index (χ3n) is 6.18. The SMILES string of the molecule is CC(C)(N)C(=O)Nc1ccc(-n2cc(C(F)(F)F)cc2-c2ccc3c(ccc4ccccc43)c2)cc1. The Morgan fingerprint density at radius 2 is 1.50 bits per heavy atom. The largest absolute Gasteiger partial charge is 0.417 e. The van der Waals surface area contributed by atoms with Crippen LogP contribution in [0.2, 0.25) is 0 Å². The normalized spacial score (nSPS) is 12.3. The lowest BCUT2D eigenvalue weighted by molar-refractivity contribution is -0.137. The second kappa shape index (κ2) is 8.53. The van der Waals surface area contributed by atoms with Gasteiger partial charge in [-0.15, -0.1) is 0 Å². The van der Waals surface area contributed by atoms with Crippen molar-refractivity contribution in [2.24, 2.45) is 5.73 Å². The fourth-order valence-corrected chi connectivity index (χ4v) is 4.22. The summed E-state index contributed by atoms with van der Waals surface area (Å²) < 4.78 is 42.6. The number of carbonyl (C=O) groups is 1. The van der Waals surface area contributed by atoms with Gasteiger partial charge in [-0.05, 0) is 77.4 Å². The van der Waals surface area contributed by atoms with E-state index in [-0.39, 0.29) is 5.91 Å². The van der Waals surface area contributed by atoms with Gasteiger partial charge in [0.1, 0.15) is 0 Å². The maximum absolute atomic E-state index is 13.7. The van der Waals surface area contributed by atoms with Crippen LogP contribution in [0.4, 0.5) is 18.9 Å². The Morgan fingerprint density at radius 1 is 0.833 bits per heavy atom. The number of amides is 1. The van der Waals surface area contributed by atoms with Crippen molar-refractivity contribution in [2.45, 2.75) is 25.6 Å². The number of carbonyl (C=O) groups excluding carboxylic acids is 1. The lowest BCUT2D eigenvalue weighted by atomic mass is 9.99. The fourth-order valence-electron chi connectivity index (χ4n) is 4.22. The predicted molar refractivity (Wildman–Crippen MR) is 138 cm³/mol. The van der Waals surface area contributed by atoms with Crippen molar-refractivity contribution in [2.75, 3.05) is 5.32 Å². The van der Waals surface area contributed by atoms with Gasteiger partial charge in [0, 0.05) is 17.6 Å². The first-order chi connectivity index (χ1) is 17.0. The van der Waals surface area contributed by atoms with Gasteiger partial charge in [0.2, 0.25) is 5.91 Å². The molecule has 5 rings (SSSR count). The second-order valence-electron chi connectivity index (χ2n) is 9.43. The molecule has 0 saturated heterocycles. The van der Waals surface area contributed by atoms with Crippen molar-refractivity contribution in [1.29, 1.82) is 0 Å². The molecule has 4 aromatic carbocycles. The van der Waals surface area contributed by atoms with Gasteiger partial charge in [0.25, 0.3) is 0 Å². The molecule has 182 valence electrons. The van der Waals surface area contributed by atoms with E-state index in [0.717, 1.165) is 33.8 Å². The Hall–Kier alpha value is -4.10. The number of nitrogens with zero attached hydrogens (tertiary/aromatic N) is 1. The number of alkyl halides is 3. The van der Waals surface area contributed by atoms with E-state index in [4.69, 9.17) is 5.73 Å². The maximum atomic E-state index is 13.7. The Morgan fingerprint density at radius 3 is 2.19 bits per heavy atom. The van der Waals surface area contributed by atoms with Crippen LogP contribution < -0.4 is 11.1 Å². The molecule has 0 aliphatic heterocycles. The van der Waals surface area contributed by atoms with E-state index < -0.39 is 17.3 Å². The van der Waals surface area contributed by atoms with E-state index in [1.807, 2.05) is 54.6 Å². The summed E-state index contributed by atoms with van der Waals surface area (Å²) in [5.74, 6) is -0.361. The van der Waals surface area contributed by atoms with Crippen LogP contribution in [0, 0.1) is 0 Å². The number of aromatic nitrogens is 1. The minimum atomic E-state index is -4.49. The first kappa shape index (κ1) is 23.6. The molecule has 0 fully saturated rings. The van der Waals surface area contributed by atoms with E-state index in [9.17, 15) is 18.0 Å². The number of hydrogen-bond acceptors (Lipinski definition) is 2. The first-order valence-corrected chi connectivity index (χ1v) is 11.4. The molecule has 3 N–H and O–H groups in total. The standard InChI is InChI=1S/C29H24F3N3O/c1-28(2,33)27(36)34-22-10-12-23(13-11-22)35-17-21(29(30,31)32)16-26(35)20-9-14-25-19(15-20)8-7-18-5-3-4-6-24(18)25/h3-17H,33H2,1-2H3,(H,34,36). The summed E-state index contributed by atoms with van der Waals surface area (Å²) in [6.45, 7) is 3.18. The van der Waals surface area contributed by atoms with Crippen molar-refractivity contribution >= 4 is 33.1 Å². The molecule has 0 atom stereocenters. The summed E-state index contributed by atoms with van der Waals surface area (Å²) in [5.41, 5.74) is 6.14. The van der Waals surface area contributed by atoms with Crippen LogP contribution in [0.5, 0.6) is 0 Å². The molecule has 0 saturated carbocycles. The molecular formula is C29H24F3N3O. The molecule has 1 aromatic heterocycles. The van der Waals surface area contributed by atoms with Gasteiger partial charge in [-0.2, -0.15) is 13.2 Å². The van der Waals surface area contributed by atoms with Crippen LogP contribution in [-0.4, -0.2) is 16.0 Å². The molecule has 0 radical (unpaired) electrons. The molecule has 1 amide bonds. The van der Waals surface area contributed by atoms with Gasteiger partial charge in [0.05, 0.1) is 16.8 Å². The highest BCUT2D eigenvalue weighted by Gasteiger charge is 2.33. The zero-order valence-corrected chi connectivity index (χ0v) is 19.7. The number of anilines is 1. The number of nitrogens with one attached hydrogen (secondary N) is 1. The third kappa shape index (κ3) is 4.45. The van der Waals surface area contributed by atoms with E-state index in [1.54, 1.807) is 38.1 Å². The van der Waals surface area contributed by atoms with Gasteiger partial charge in [-0.3, -0.25) is 4.79 Å². The molecule has 1 heterocycles. The summed E-state index contributed by atoms with van der Waals surface area (Å²) in [6, 6.07) is 25.5. The Balaban J connectivity index is 1.58. The van der Waals surface area contributed by atoms with Crippen LogP contribution in [0.25, 0.3) is 38.5 Å². The summed E-state index contributed by atoms with van der Waals surface area (Å²) >= 11 is 0. The monoisotopic (exact) mass is 487 g/mol. The average Bonchev–Trinajstić information content (AvgIpc) is 3.30. The lowest BCUT2D eigenvalue weighted by Crippen LogP contribution is -2.45. The molecular weight excluding hydrogens is 463 g/mol. The minimum Gasteiger partial charge on any atom is -0.325 e. The maximum Gasteiger partial charge on any atom is 0.417 e. The molecule has 7 heteroatoms. The van der Waals surface area contributed by atoms with Crippen molar-refractivity contribution in [1.82, 2.24) is 4.57 Å².